The van der Waals surface area contributed by atoms with E-state index in [1.54, 1.807) is 6.07 Å². The number of carbonyl (C=O) groups is 1. The lowest BCUT2D eigenvalue weighted by atomic mass is 9.96. The third-order valence-electron chi connectivity index (χ3n) is 2.34. The van der Waals surface area contributed by atoms with Crippen LogP contribution in [0.5, 0.6) is 0 Å². The van der Waals surface area contributed by atoms with Gasteiger partial charge in [0.05, 0.1) is 0 Å². The molecule has 0 heterocycles. The van der Waals surface area contributed by atoms with Crippen molar-refractivity contribution in [3.63, 3.8) is 0 Å². The minimum atomic E-state index is -0.274. The normalized spacial score (nSPS) is 11.5. The fourth-order valence-electron chi connectivity index (χ4n) is 1.42. The summed E-state index contributed by atoms with van der Waals surface area (Å²) in [5.74, 6) is 0.209. The molecule has 3 heteroatoms. The molecule has 0 saturated carbocycles. The molecule has 0 bridgehead atoms. The van der Waals surface area contributed by atoms with Crippen molar-refractivity contribution in [1.29, 1.82) is 0 Å². The summed E-state index contributed by atoms with van der Waals surface area (Å²) in [5.41, 5.74) is 6.52. The zero-order chi connectivity index (χ0) is 12.2. The SMILES string of the molecule is CC(C)(N)CCC(=O)Cc1cccc(Cl)c1. The van der Waals surface area contributed by atoms with E-state index >= 15 is 0 Å². The summed E-state index contributed by atoms with van der Waals surface area (Å²) in [6.45, 7) is 3.86. The first-order valence-corrected chi connectivity index (χ1v) is 5.80. The van der Waals surface area contributed by atoms with E-state index in [9.17, 15) is 4.79 Å². The standard InChI is InChI=1S/C13H18ClNO/c1-13(2,15)7-6-12(16)9-10-4-3-5-11(14)8-10/h3-5,8H,6-7,9,15H2,1-2H3. The zero-order valence-electron chi connectivity index (χ0n) is 9.79. The zero-order valence-corrected chi connectivity index (χ0v) is 10.6. The molecule has 0 radical (unpaired) electrons. The second-order valence-corrected chi connectivity index (χ2v) is 5.27. The second-order valence-electron chi connectivity index (χ2n) is 4.83. The predicted octanol–water partition coefficient (Wildman–Crippen LogP) is 2.97. The Morgan fingerprint density at radius 3 is 2.69 bits per heavy atom. The Balaban J connectivity index is 2.46. The molecule has 0 atom stereocenters. The highest BCUT2D eigenvalue weighted by Crippen LogP contribution is 2.13. The van der Waals surface area contributed by atoms with Gasteiger partial charge in [-0.1, -0.05) is 23.7 Å². The van der Waals surface area contributed by atoms with Crippen molar-refractivity contribution in [3.05, 3.63) is 34.9 Å². The molecule has 16 heavy (non-hydrogen) atoms. The van der Waals surface area contributed by atoms with Gasteiger partial charge in [-0.3, -0.25) is 4.79 Å². The highest BCUT2D eigenvalue weighted by molar-refractivity contribution is 6.30. The summed E-state index contributed by atoms with van der Waals surface area (Å²) in [6, 6.07) is 7.40. The highest BCUT2D eigenvalue weighted by atomic mass is 35.5. The van der Waals surface area contributed by atoms with Crippen LogP contribution >= 0.6 is 11.6 Å². The van der Waals surface area contributed by atoms with Gasteiger partial charge in [0.2, 0.25) is 0 Å². The van der Waals surface area contributed by atoms with Gasteiger partial charge < -0.3 is 5.73 Å². The van der Waals surface area contributed by atoms with Crippen molar-refractivity contribution >= 4 is 17.4 Å². The summed E-state index contributed by atoms with van der Waals surface area (Å²) in [7, 11) is 0. The van der Waals surface area contributed by atoms with Crippen LogP contribution in [0.3, 0.4) is 0 Å². The van der Waals surface area contributed by atoms with Crippen LogP contribution in [0.2, 0.25) is 5.02 Å². The third-order valence-corrected chi connectivity index (χ3v) is 2.57. The van der Waals surface area contributed by atoms with E-state index in [2.05, 4.69) is 0 Å². The minimum Gasteiger partial charge on any atom is -0.326 e. The molecule has 0 saturated heterocycles. The van der Waals surface area contributed by atoms with Crippen molar-refractivity contribution in [1.82, 2.24) is 0 Å². The molecule has 1 aromatic carbocycles. The van der Waals surface area contributed by atoms with E-state index < -0.39 is 0 Å². The van der Waals surface area contributed by atoms with E-state index in [1.165, 1.54) is 0 Å². The topological polar surface area (TPSA) is 43.1 Å². The third kappa shape index (κ3) is 5.29. The van der Waals surface area contributed by atoms with Crippen LogP contribution in [0.25, 0.3) is 0 Å². The number of carbonyl (C=O) groups excluding carboxylic acids is 1. The number of rotatable bonds is 5. The molecule has 0 amide bonds. The Bertz CT molecular complexity index is 368. The lowest BCUT2D eigenvalue weighted by Crippen LogP contribution is -2.32. The lowest BCUT2D eigenvalue weighted by Gasteiger charge is -2.17. The molecule has 2 nitrogen and oxygen atoms in total. The van der Waals surface area contributed by atoms with E-state index in [1.807, 2.05) is 32.0 Å². The van der Waals surface area contributed by atoms with Crippen molar-refractivity contribution in [2.75, 3.05) is 0 Å². The van der Waals surface area contributed by atoms with Crippen LogP contribution < -0.4 is 5.73 Å². The Morgan fingerprint density at radius 1 is 1.44 bits per heavy atom. The van der Waals surface area contributed by atoms with Crippen molar-refractivity contribution in [2.45, 2.75) is 38.6 Å². The summed E-state index contributed by atoms with van der Waals surface area (Å²) in [4.78, 5) is 11.7. The van der Waals surface area contributed by atoms with E-state index in [4.69, 9.17) is 17.3 Å². The molecule has 88 valence electrons. The Morgan fingerprint density at radius 2 is 2.12 bits per heavy atom. The van der Waals surface area contributed by atoms with E-state index in [0.29, 0.717) is 24.3 Å². The summed E-state index contributed by atoms with van der Waals surface area (Å²) < 4.78 is 0. The predicted molar refractivity (Wildman–Crippen MR) is 67.7 cm³/mol. The fourth-order valence-corrected chi connectivity index (χ4v) is 1.64. The first-order valence-electron chi connectivity index (χ1n) is 5.42. The molecule has 0 aromatic heterocycles. The smallest absolute Gasteiger partial charge is 0.137 e. The van der Waals surface area contributed by atoms with E-state index in [0.717, 1.165) is 5.56 Å². The number of hydrogen-bond donors (Lipinski definition) is 1. The summed E-state index contributed by atoms with van der Waals surface area (Å²) in [6.07, 6.45) is 1.68. The Hall–Kier alpha value is -0.860. The van der Waals surface area contributed by atoms with Crippen molar-refractivity contribution < 1.29 is 4.79 Å². The molecule has 0 aliphatic carbocycles. The quantitative estimate of drug-likeness (QED) is 0.859. The molecule has 0 aliphatic rings. The van der Waals surface area contributed by atoms with Gasteiger partial charge in [-0.25, -0.2) is 0 Å². The number of ketones is 1. The van der Waals surface area contributed by atoms with Crippen molar-refractivity contribution in [3.8, 4) is 0 Å². The first kappa shape index (κ1) is 13.2. The molecule has 0 spiro atoms. The van der Waals surface area contributed by atoms with Gasteiger partial charge in [-0.2, -0.15) is 0 Å². The van der Waals surface area contributed by atoms with Crippen LogP contribution in [0.4, 0.5) is 0 Å². The molecule has 0 unspecified atom stereocenters. The average molecular weight is 240 g/mol. The van der Waals surface area contributed by atoms with Crippen LogP contribution in [0, 0.1) is 0 Å². The van der Waals surface area contributed by atoms with Gasteiger partial charge in [-0.15, -0.1) is 0 Å². The summed E-state index contributed by atoms with van der Waals surface area (Å²) >= 11 is 5.85. The molecular formula is C13H18ClNO. The van der Waals surface area contributed by atoms with Crippen LogP contribution in [-0.4, -0.2) is 11.3 Å². The molecule has 0 fully saturated rings. The number of Topliss-reactive ketones (excluding diaryl/α,β-unsaturated/α-hetero) is 1. The Kier molecular flexibility index (Phi) is 4.51. The second kappa shape index (κ2) is 5.46. The highest BCUT2D eigenvalue weighted by Gasteiger charge is 2.13. The maximum absolute atomic E-state index is 11.7. The van der Waals surface area contributed by atoms with Gasteiger partial charge in [0, 0.05) is 23.4 Å². The average Bonchev–Trinajstić information content (AvgIpc) is 2.14. The maximum atomic E-state index is 11.7. The molecule has 2 N–H and O–H groups in total. The number of benzene rings is 1. The van der Waals surface area contributed by atoms with Gasteiger partial charge >= 0.3 is 0 Å². The fraction of sp³-hybridized carbons (Fsp3) is 0.462. The largest absolute Gasteiger partial charge is 0.326 e. The summed E-state index contributed by atoms with van der Waals surface area (Å²) in [5, 5.41) is 0.671. The van der Waals surface area contributed by atoms with Gasteiger partial charge in [0.25, 0.3) is 0 Å². The molecule has 1 rings (SSSR count). The molecule has 0 aliphatic heterocycles. The number of nitrogens with two attached hydrogens (primary N) is 1. The number of halogens is 1. The van der Waals surface area contributed by atoms with Crippen LogP contribution in [0.15, 0.2) is 24.3 Å². The van der Waals surface area contributed by atoms with Crippen molar-refractivity contribution in [2.24, 2.45) is 5.73 Å². The maximum Gasteiger partial charge on any atom is 0.137 e. The lowest BCUT2D eigenvalue weighted by molar-refractivity contribution is -0.118. The monoisotopic (exact) mass is 239 g/mol. The molecule has 1 aromatic rings. The van der Waals surface area contributed by atoms with Gasteiger partial charge in [-0.05, 0) is 38.0 Å². The van der Waals surface area contributed by atoms with Gasteiger partial charge in [0.15, 0.2) is 0 Å². The van der Waals surface area contributed by atoms with Gasteiger partial charge in [0.1, 0.15) is 5.78 Å². The van der Waals surface area contributed by atoms with E-state index in [-0.39, 0.29) is 11.3 Å². The Labute approximate surface area is 102 Å². The number of hydrogen-bond acceptors (Lipinski definition) is 2. The van der Waals surface area contributed by atoms with Crippen LogP contribution in [-0.2, 0) is 11.2 Å². The minimum absolute atomic E-state index is 0.209. The molecular weight excluding hydrogens is 222 g/mol. The van der Waals surface area contributed by atoms with Crippen LogP contribution in [0.1, 0.15) is 32.3 Å². The first-order chi connectivity index (χ1) is 7.37.